The van der Waals surface area contributed by atoms with Crippen LogP contribution in [0.25, 0.3) is 11.1 Å². The fourth-order valence-corrected chi connectivity index (χ4v) is 3.23. The zero-order chi connectivity index (χ0) is 16.4. The fourth-order valence-electron chi connectivity index (χ4n) is 3.23. The second-order valence-corrected chi connectivity index (χ2v) is 5.84. The summed E-state index contributed by atoms with van der Waals surface area (Å²) in [6.07, 6.45) is 1.10. The van der Waals surface area contributed by atoms with Gasteiger partial charge in [-0.05, 0) is 37.2 Å². The molecule has 4 nitrogen and oxygen atoms in total. The van der Waals surface area contributed by atoms with Crippen LogP contribution in [0.5, 0.6) is 17.2 Å². The Hall–Kier alpha value is -2.20. The maximum Gasteiger partial charge on any atom is 0.168 e. The second-order valence-electron chi connectivity index (χ2n) is 5.84. The lowest BCUT2D eigenvalue weighted by Gasteiger charge is -2.16. The number of para-hydroxylation sites is 1. The average molecular weight is 313 g/mol. The van der Waals surface area contributed by atoms with Crippen LogP contribution < -0.4 is 19.5 Å². The molecule has 122 valence electrons. The summed E-state index contributed by atoms with van der Waals surface area (Å²) in [6, 6.07) is 10.3. The van der Waals surface area contributed by atoms with E-state index in [1.807, 2.05) is 25.2 Å². The molecule has 0 fully saturated rings. The molecule has 0 bridgehead atoms. The first kappa shape index (κ1) is 15.7. The van der Waals surface area contributed by atoms with Gasteiger partial charge in [0.05, 0.1) is 14.2 Å². The molecule has 0 spiro atoms. The average Bonchev–Trinajstić information content (AvgIpc) is 2.95. The molecule has 1 aliphatic rings. The van der Waals surface area contributed by atoms with Crippen LogP contribution in [0.4, 0.5) is 0 Å². The van der Waals surface area contributed by atoms with Gasteiger partial charge in [0.1, 0.15) is 11.9 Å². The van der Waals surface area contributed by atoms with E-state index in [1.54, 1.807) is 14.2 Å². The summed E-state index contributed by atoms with van der Waals surface area (Å²) in [5.41, 5.74) is 4.54. The molecule has 2 aromatic rings. The molecule has 0 aliphatic carbocycles. The van der Waals surface area contributed by atoms with Crippen molar-refractivity contribution >= 4 is 0 Å². The SMILES string of the molecule is CNCC1Cc2cc(C)cc(-c3cccc(OC)c3OC)c2O1. The standard InChI is InChI=1S/C19H23NO3/c1-12-8-13-10-14(11-20-2)23-18(13)16(9-12)15-6-5-7-17(21-3)19(15)22-4/h5-9,14,20H,10-11H2,1-4H3. The van der Waals surface area contributed by atoms with Crippen LogP contribution in [0.1, 0.15) is 11.1 Å². The van der Waals surface area contributed by atoms with Gasteiger partial charge in [-0.1, -0.05) is 18.2 Å². The number of methoxy groups -OCH3 is 2. The van der Waals surface area contributed by atoms with Gasteiger partial charge in [0.15, 0.2) is 11.5 Å². The van der Waals surface area contributed by atoms with Crippen LogP contribution in [0.3, 0.4) is 0 Å². The summed E-state index contributed by atoms with van der Waals surface area (Å²) in [5, 5.41) is 3.19. The number of ether oxygens (including phenoxy) is 3. The Balaban J connectivity index is 2.13. The minimum absolute atomic E-state index is 0.173. The van der Waals surface area contributed by atoms with Crippen LogP contribution in [0.15, 0.2) is 30.3 Å². The lowest BCUT2D eigenvalue weighted by molar-refractivity contribution is 0.232. The predicted octanol–water partition coefficient (Wildman–Crippen LogP) is 3.20. The monoisotopic (exact) mass is 313 g/mol. The Morgan fingerprint density at radius 3 is 2.70 bits per heavy atom. The van der Waals surface area contributed by atoms with Gasteiger partial charge in [0.2, 0.25) is 0 Å². The van der Waals surface area contributed by atoms with Crippen LogP contribution >= 0.6 is 0 Å². The Bertz CT molecular complexity index is 712. The Labute approximate surface area is 137 Å². The highest BCUT2D eigenvalue weighted by atomic mass is 16.5. The van der Waals surface area contributed by atoms with Crippen molar-refractivity contribution in [2.45, 2.75) is 19.4 Å². The van der Waals surface area contributed by atoms with Gasteiger partial charge in [-0.25, -0.2) is 0 Å². The zero-order valence-corrected chi connectivity index (χ0v) is 14.1. The fraction of sp³-hybridized carbons (Fsp3) is 0.368. The summed E-state index contributed by atoms with van der Waals surface area (Å²) < 4.78 is 17.2. The third-order valence-corrected chi connectivity index (χ3v) is 4.17. The summed E-state index contributed by atoms with van der Waals surface area (Å²) in [7, 11) is 5.27. The number of likely N-dealkylation sites (N-methyl/N-ethyl adjacent to an activating group) is 1. The van der Waals surface area contributed by atoms with E-state index in [2.05, 4.69) is 24.4 Å². The molecule has 4 heteroatoms. The van der Waals surface area contributed by atoms with E-state index in [9.17, 15) is 0 Å². The predicted molar refractivity (Wildman–Crippen MR) is 91.8 cm³/mol. The third kappa shape index (κ3) is 2.86. The minimum atomic E-state index is 0.173. The summed E-state index contributed by atoms with van der Waals surface area (Å²) in [5.74, 6) is 2.43. The van der Waals surface area contributed by atoms with Crippen molar-refractivity contribution in [2.75, 3.05) is 27.8 Å². The quantitative estimate of drug-likeness (QED) is 0.920. The van der Waals surface area contributed by atoms with Crippen molar-refractivity contribution in [3.05, 3.63) is 41.5 Å². The van der Waals surface area contributed by atoms with E-state index in [0.717, 1.165) is 41.3 Å². The van der Waals surface area contributed by atoms with Gasteiger partial charge in [0.25, 0.3) is 0 Å². The van der Waals surface area contributed by atoms with Crippen molar-refractivity contribution in [3.8, 4) is 28.4 Å². The van der Waals surface area contributed by atoms with Crippen LogP contribution in [-0.2, 0) is 6.42 Å². The molecular formula is C19H23NO3. The number of benzene rings is 2. The number of nitrogens with one attached hydrogen (secondary N) is 1. The van der Waals surface area contributed by atoms with Crippen molar-refractivity contribution in [1.29, 1.82) is 0 Å². The molecule has 1 aliphatic heterocycles. The van der Waals surface area contributed by atoms with Gasteiger partial charge in [-0.3, -0.25) is 0 Å². The molecule has 0 radical (unpaired) electrons. The summed E-state index contributed by atoms with van der Waals surface area (Å²) in [4.78, 5) is 0. The van der Waals surface area contributed by atoms with Crippen molar-refractivity contribution in [2.24, 2.45) is 0 Å². The molecule has 2 aromatic carbocycles. The molecule has 0 amide bonds. The lowest BCUT2D eigenvalue weighted by Crippen LogP contribution is -2.27. The number of fused-ring (bicyclic) bond motifs is 1. The minimum Gasteiger partial charge on any atom is -0.493 e. The van der Waals surface area contributed by atoms with E-state index in [-0.39, 0.29) is 6.10 Å². The topological polar surface area (TPSA) is 39.7 Å². The first-order valence-corrected chi connectivity index (χ1v) is 7.84. The van der Waals surface area contributed by atoms with Gasteiger partial charge in [0, 0.05) is 24.1 Å². The highest BCUT2D eigenvalue weighted by Gasteiger charge is 2.27. The number of rotatable bonds is 5. The highest BCUT2D eigenvalue weighted by molar-refractivity contribution is 5.80. The van der Waals surface area contributed by atoms with Crippen LogP contribution in [0, 0.1) is 6.92 Å². The number of hydrogen-bond acceptors (Lipinski definition) is 4. The molecule has 1 atom stereocenters. The Morgan fingerprint density at radius 1 is 1.17 bits per heavy atom. The van der Waals surface area contributed by atoms with Gasteiger partial charge in [-0.2, -0.15) is 0 Å². The second kappa shape index (κ2) is 6.50. The van der Waals surface area contributed by atoms with E-state index in [4.69, 9.17) is 14.2 Å². The first-order chi connectivity index (χ1) is 11.2. The Kier molecular flexibility index (Phi) is 4.44. The molecule has 1 unspecified atom stereocenters. The highest BCUT2D eigenvalue weighted by Crippen LogP contribution is 2.45. The van der Waals surface area contributed by atoms with E-state index >= 15 is 0 Å². The van der Waals surface area contributed by atoms with Crippen LogP contribution in [-0.4, -0.2) is 33.9 Å². The molecule has 0 saturated heterocycles. The third-order valence-electron chi connectivity index (χ3n) is 4.17. The van der Waals surface area contributed by atoms with Crippen molar-refractivity contribution in [1.82, 2.24) is 5.32 Å². The van der Waals surface area contributed by atoms with Gasteiger partial charge >= 0.3 is 0 Å². The molecule has 1 N–H and O–H groups in total. The van der Waals surface area contributed by atoms with Gasteiger partial charge < -0.3 is 19.5 Å². The first-order valence-electron chi connectivity index (χ1n) is 7.84. The maximum atomic E-state index is 6.20. The molecule has 0 saturated carbocycles. The zero-order valence-electron chi connectivity index (χ0n) is 14.1. The molecule has 1 heterocycles. The van der Waals surface area contributed by atoms with Crippen molar-refractivity contribution in [3.63, 3.8) is 0 Å². The van der Waals surface area contributed by atoms with E-state index in [1.165, 1.54) is 11.1 Å². The smallest absolute Gasteiger partial charge is 0.168 e. The Morgan fingerprint density at radius 2 is 2.00 bits per heavy atom. The van der Waals surface area contributed by atoms with E-state index < -0.39 is 0 Å². The largest absolute Gasteiger partial charge is 0.493 e. The van der Waals surface area contributed by atoms with E-state index in [0.29, 0.717) is 0 Å². The normalized spacial score (nSPS) is 15.9. The lowest BCUT2D eigenvalue weighted by atomic mass is 9.97. The van der Waals surface area contributed by atoms with Gasteiger partial charge in [-0.15, -0.1) is 0 Å². The maximum absolute atomic E-state index is 6.20. The molecular weight excluding hydrogens is 290 g/mol. The molecule has 3 rings (SSSR count). The number of hydrogen-bond donors (Lipinski definition) is 1. The summed E-state index contributed by atoms with van der Waals surface area (Å²) in [6.45, 7) is 2.95. The van der Waals surface area contributed by atoms with Crippen molar-refractivity contribution < 1.29 is 14.2 Å². The summed E-state index contributed by atoms with van der Waals surface area (Å²) >= 11 is 0. The molecule has 23 heavy (non-hydrogen) atoms. The number of aryl methyl sites for hydroxylation is 1. The van der Waals surface area contributed by atoms with Crippen LogP contribution in [0.2, 0.25) is 0 Å². The molecule has 0 aromatic heterocycles.